The second-order valence-corrected chi connectivity index (χ2v) is 4.40. The summed E-state index contributed by atoms with van der Waals surface area (Å²) in [5.41, 5.74) is 7.29. The van der Waals surface area contributed by atoms with Crippen LogP contribution in [0.2, 0.25) is 0 Å². The van der Waals surface area contributed by atoms with E-state index in [-0.39, 0.29) is 11.9 Å². The van der Waals surface area contributed by atoms with E-state index in [0.29, 0.717) is 5.69 Å². The lowest BCUT2D eigenvalue weighted by Crippen LogP contribution is -2.37. The normalized spacial score (nSPS) is 16.9. The van der Waals surface area contributed by atoms with E-state index in [1.165, 1.54) is 0 Å². The van der Waals surface area contributed by atoms with Crippen LogP contribution in [0.1, 0.15) is 18.4 Å². The van der Waals surface area contributed by atoms with Crippen LogP contribution in [0.15, 0.2) is 30.3 Å². The van der Waals surface area contributed by atoms with Gasteiger partial charge in [-0.2, -0.15) is 0 Å². The fourth-order valence-corrected chi connectivity index (χ4v) is 1.93. The molecule has 1 aromatic carbocycles. The average Bonchev–Trinajstić information content (AvgIpc) is 2.38. The van der Waals surface area contributed by atoms with E-state index in [2.05, 4.69) is 5.32 Å². The van der Waals surface area contributed by atoms with E-state index >= 15 is 0 Å². The maximum atomic E-state index is 11.7. The van der Waals surface area contributed by atoms with Gasteiger partial charge in [0.05, 0.1) is 0 Å². The number of hydrogen-bond acceptors (Lipinski definition) is 3. The minimum Gasteiger partial charge on any atom is -0.399 e. The molecular weight excluding hydrogens is 228 g/mol. The van der Waals surface area contributed by atoms with Gasteiger partial charge in [-0.3, -0.25) is 4.79 Å². The number of rotatable bonds is 3. The number of ether oxygens (including phenoxy) is 1. The summed E-state index contributed by atoms with van der Waals surface area (Å²) in [7, 11) is 0. The predicted molar refractivity (Wildman–Crippen MR) is 71.9 cm³/mol. The third-order valence-electron chi connectivity index (χ3n) is 2.91. The Hall–Kier alpha value is -1.81. The van der Waals surface area contributed by atoms with Gasteiger partial charge >= 0.3 is 0 Å². The van der Waals surface area contributed by atoms with E-state index in [0.717, 1.165) is 31.6 Å². The molecule has 1 fully saturated rings. The molecule has 0 aliphatic carbocycles. The Labute approximate surface area is 107 Å². The summed E-state index contributed by atoms with van der Waals surface area (Å²) in [4.78, 5) is 11.7. The minimum atomic E-state index is -0.0654. The second kappa shape index (κ2) is 6.21. The summed E-state index contributed by atoms with van der Waals surface area (Å²) in [6.45, 7) is 1.45. The molecule has 96 valence electrons. The number of nitrogens with one attached hydrogen (secondary N) is 1. The maximum Gasteiger partial charge on any atom is 0.244 e. The first kappa shape index (κ1) is 12.6. The van der Waals surface area contributed by atoms with Gasteiger partial charge in [0.1, 0.15) is 0 Å². The smallest absolute Gasteiger partial charge is 0.244 e. The largest absolute Gasteiger partial charge is 0.399 e. The fraction of sp³-hybridized carbons (Fsp3) is 0.357. The van der Waals surface area contributed by atoms with Crippen molar-refractivity contribution < 1.29 is 9.53 Å². The number of benzene rings is 1. The quantitative estimate of drug-likeness (QED) is 0.628. The molecule has 4 nitrogen and oxygen atoms in total. The third kappa shape index (κ3) is 3.89. The van der Waals surface area contributed by atoms with Crippen molar-refractivity contribution in [2.45, 2.75) is 18.9 Å². The van der Waals surface area contributed by atoms with Crippen molar-refractivity contribution in [1.82, 2.24) is 5.32 Å². The van der Waals surface area contributed by atoms with Crippen molar-refractivity contribution >= 4 is 17.7 Å². The summed E-state index contributed by atoms with van der Waals surface area (Å²) in [5.74, 6) is -0.0654. The lowest BCUT2D eigenvalue weighted by atomic mass is 10.1. The number of amides is 1. The molecule has 1 heterocycles. The Morgan fingerprint density at radius 1 is 1.39 bits per heavy atom. The van der Waals surface area contributed by atoms with Crippen molar-refractivity contribution in [2.24, 2.45) is 0 Å². The Morgan fingerprint density at radius 2 is 2.17 bits per heavy atom. The van der Waals surface area contributed by atoms with Gasteiger partial charge in [0.2, 0.25) is 5.91 Å². The fourth-order valence-electron chi connectivity index (χ4n) is 1.93. The van der Waals surface area contributed by atoms with Crippen LogP contribution in [0.25, 0.3) is 6.08 Å². The second-order valence-electron chi connectivity index (χ2n) is 4.40. The highest BCUT2D eigenvalue weighted by Gasteiger charge is 2.14. The zero-order valence-corrected chi connectivity index (χ0v) is 10.3. The number of hydrogen-bond donors (Lipinski definition) is 2. The summed E-state index contributed by atoms with van der Waals surface area (Å²) in [6, 6.07) is 7.66. The van der Waals surface area contributed by atoms with E-state index in [4.69, 9.17) is 10.5 Å². The highest BCUT2D eigenvalue weighted by atomic mass is 16.5. The molecule has 1 aromatic rings. The average molecular weight is 246 g/mol. The van der Waals surface area contributed by atoms with Crippen LogP contribution in [0, 0.1) is 0 Å². The summed E-state index contributed by atoms with van der Waals surface area (Å²) < 4.78 is 5.24. The first-order valence-electron chi connectivity index (χ1n) is 6.16. The number of nitrogens with two attached hydrogens (primary N) is 1. The van der Waals surface area contributed by atoms with Crippen LogP contribution in [-0.2, 0) is 9.53 Å². The van der Waals surface area contributed by atoms with E-state index in [1.807, 2.05) is 24.3 Å². The molecule has 4 heteroatoms. The SMILES string of the molecule is Nc1cccc(/C=C/C(=O)NC2CCOCC2)c1. The van der Waals surface area contributed by atoms with Crippen molar-refractivity contribution in [1.29, 1.82) is 0 Å². The predicted octanol–water partition coefficient (Wildman–Crippen LogP) is 1.58. The molecule has 0 unspecified atom stereocenters. The van der Waals surface area contributed by atoms with Crippen molar-refractivity contribution in [3.05, 3.63) is 35.9 Å². The summed E-state index contributed by atoms with van der Waals surface area (Å²) in [5, 5.41) is 2.97. The molecule has 1 aliphatic heterocycles. The molecule has 1 saturated heterocycles. The van der Waals surface area contributed by atoms with Gasteiger partial charge in [-0.1, -0.05) is 12.1 Å². The maximum absolute atomic E-state index is 11.7. The number of anilines is 1. The standard InChI is InChI=1S/C14H18N2O2/c15-12-3-1-2-11(10-12)4-5-14(17)16-13-6-8-18-9-7-13/h1-5,10,13H,6-9,15H2,(H,16,17)/b5-4+. The lowest BCUT2D eigenvalue weighted by Gasteiger charge is -2.22. The van der Waals surface area contributed by atoms with Crippen LogP contribution in [0.3, 0.4) is 0 Å². The van der Waals surface area contributed by atoms with Gasteiger partial charge in [0.15, 0.2) is 0 Å². The number of carbonyl (C=O) groups excluding carboxylic acids is 1. The summed E-state index contributed by atoms with van der Waals surface area (Å²) >= 11 is 0. The van der Waals surface area contributed by atoms with Gasteiger partial charge in [-0.05, 0) is 36.6 Å². The molecule has 1 amide bonds. The van der Waals surface area contributed by atoms with Gasteiger partial charge in [-0.25, -0.2) is 0 Å². The van der Waals surface area contributed by atoms with E-state index in [1.54, 1.807) is 12.2 Å². The van der Waals surface area contributed by atoms with Gasteiger partial charge in [0, 0.05) is 31.0 Å². The van der Waals surface area contributed by atoms with Gasteiger partial charge in [0.25, 0.3) is 0 Å². The Kier molecular flexibility index (Phi) is 4.36. The molecule has 2 rings (SSSR count). The van der Waals surface area contributed by atoms with E-state index in [9.17, 15) is 4.79 Å². The van der Waals surface area contributed by atoms with Crippen LogP contribution in [0.4, 0.5) is 5.69 Å². The third-order valence-corrected chi connectivity index (χ3v) is 2.91. The highest BCUT2D eigenvalue weighted by Crippen LogP contribution is 2.09. The van der Waals surface area contributed by atoms with Gasteiger partial charge < -0.3 is 15.8 Å². The molecule has 0 saturated carbocycles. The molecule has 0 radical (unpaired) electrons. The zero-order chi connectivity index (χ0) is 12.8. The molecule has 0 spiro atoms. The highest BCUT2D eigenvalue weighted by molar-refractivity contribution is 5.92. The molecule has 0 aromatic heterocycles. The van der Waals surface area contributed by atoms with E-state index < -0.39 is 0 Å². The molecule has 0 atom stereocenters. The van der Waals surface area contributed by atoms with Crippen molar-refractivity contribution in [3.8, 4) is 0 Å². The Bertz CT molecular complexity index is 437. The molecule has 1 aliphatic rings. The molecule has 3 N–H and O–H groups in total. The minimum absolute atomic E-state index is 0.0654. The van der Waals surface area contributed by atoms with Crippen LogP contribution < -0.4 is 11.1 Å². The summed E-state index contributed by atoms with van der Waals surface area (Å²) in [6.07, 6.45) is 5.09. The monoisotopic (exact) mass is 246 g/mol. The van der Waals surface area contributed by atoms with Crippen LogP contribution >= 0.6 is 0 Å². The molecular formula is C14H18N2O2. The van der Waals surface area contributed by atoms with Crippen molar-refractivity contribution in [3.63, 3.8) is 0 Å². The van der Waals surface area contributed by atoms with Crippen LogP contribution in [-0.4, -0.2) is 25.2 Å². The Morgan fingerprint density at radius 3 is 2.89 bits per heavy atom. The first-order valence-corrected chi connectivity index (χ1v) is 6.16. The van der Waals surface area contributed by atoms with Crippen LogP contribution in [0.5, 0.6) is 0 Å². The zero-order valence-electron chi connectivity index (χ0n) is 10.3. The van der Waals surface area contributed by atoms with Gasteiger partial charge in [-0.15, -0.1) is 0 Å². The Balaban J connectivity index is 1.86. The number of carbonyl (C=O) groups is 1. The topological polar surface area (TPSA) is 64.4 Å². The lowest BCUT2D eigenvalue weighted by molar-refractivity contribution is -0.117. The molecule has 18 heavy (non-hydrogen) atoms. The molecule has 0 bridgehead atoms. The van der Waals surface area contributed by atoms with Crippen molar-refractivity contribution in [2.75, 3.05) is 18.9 Å². The first-order chi connectivity index (χ1) is 8.74. The number of nitrogen functional groups attached to an aromatic ring is 1.